The van der Waals surface area contributed by atoms with E-state index in [1.807, 2.05) is 13.0 Å². The molecule has 2 N–H and O–H groups in total. The Morgan fingerprint density at radius 2 is 1.93 bits per heavy atom. The third-order valence-corrected chi connectivity index (χ3v) is 3.05. The Hall–Kier alpha value is -1.22. The highest BCUT2D eigenvalue weighted by molar-refractivity contribution is 5.52. The molecule has 1 aliphatic carbocycles. The first kappa shape index (κ1) is 10.3. The molecule has 0 bridgehead atoms. The molecule has 1 aromatic carbocycles. The lowest BCUT2D eigenvalue weighted by molar-refractivity contribution is 0.385. The van der Waals surface area contributed by atoms with E-state index in [1.165, 1.54) is 5.56 Å². The maximum Gasteiger partial charge on any atom is 0.128 e. The molecule has 1 aliphatic rings. The van der Waals surface area contributed by atoms with Gasteiger partial charge in [0.2, 0.25) is 0 Å². The second-order valence-corrected chi connectivity index (χ2v) is 4.02. The Morgan fingerprint density at radius 1 is 1.27 bits per heavy atom. The lowest BCUT2D eigenvalue weighted by Crippen LogP contribution is -2.03. The van der Waals surface area contributed by atoms with Gasteiger partial charge in [0.05, 0.1) is 14.2 Å². The first-order chi connectivity index (χ1) is 7.19. The van der Waals surface area contributed by atoms with Crippen LogP contribution < -0.4 is 15.2 Å². The van der Waals surface area contributed by atoms with Crippen LogP contribution in [0.15, 0.2) is 12.1 Å². The summed E-state index contributed by atoms with van der Waals surface area (Å²) >= 11 is 0. The van der Waals surface area contributed by atoms with Crippen molar-refractivity contribution in [1.82, 2.24) is 0 Å². The van der Waals surface area contributed by atoms with E-state index in [2.05, 4.69) is 6.07 Å². The number of nitrogens with two attached hydrogens (primary N) is 1. The summed E-state index contributed by atoms with van der Waals surface area (Å²) in [5.74, 6) is 2.25. The van der Waals surface area contributed by atoms with Gasteiger partial charge >= 0.3 is 0 Å². The monoisotopic (exact) mass is 207 g/mol. The second-order valence-electron chi connectivity index (χ2n) is 4.02. The molecular formula is C12H17NO2. The zero-order chi connectivity index (χ0) is 11.0. The first-order valence-corrected chi connectivity index (χ1v) is 5.16. The minimum absolute atomic E-state index is 0.298. The standard InChI is InChI=1S/C12H17NO2/c1-7-11(14-2)5-4-8(12(7)15-3)9-6-10(9)13/h4-5,9-10H,6,13H2,1-3H3. The molecule has 0 aliphatic heterocycles. The maximum atomic E-state index is 5.86. The highest BCUT2D eigenvalue weighted by Gasteiger charge is 2.37. The minimum Gasteiger partial charge on any atom is -0.496 e. The summed E-state index contributed by atoms with van der Waals surface area (Å²) in [6, 6.07) is 4.34. The SMILES string of the molecule is COc1ccc(C2CC2N)c(OC)c1C. The van der Waals surface area contributed by atoms with E-state index < -0.39 is 0 Å². The number of hydrogen-bond donors (Lipinski definition) is 1. The molecule has 15 heavy (non-hydrogen) atoms. The van der Waals surface area contributed by atoms with Crippen LogP contribution in [-0.2, 0) is 0 Å². The van der Waals surface area contributed by atoms with Crippen LogP contribution in [0.25, 0.3) is 0 Å². The van der Waals surface area contributed by atoms with E-state index in [0.717, 1.165) is 23.5 Å². The van der Waals surface area contributed by atoms with Crippen LogP contribution in [0.2, 0.25) is 0 Å². The van der Waals surface area contributed by atoms with Crippen LogP contribution in [0.3, 0.4) is 0 Å². The molecule has 0 spiro atoms. The van der Waals surface area contributed by atoms with E-state index in [1.54, 1.807) is 14.2 Å². The van der Waals surface area contributed by atoms with E-state index in [9.17, 15) is 0 Å². The lowest BCUT2D eigenvalue weighted by Gasteiger charge is -2.14. The van der Waals surface area contributed by atoms with Gasteiger partial charge in [-0.3, -0.25) is 0 Å². The van der Waals surface area contributed by atoms with Gasteiger partial charge in [-0.15, -0.1) is 0 Å². The largest absolute Gasteiger partial charge is 0.496 e. The zero-order valence-corrected chi connectivity index (χ0v) is 9.41. The van der Waals surface area contributed by atoms with Crippen LogP contribution in [0, 0.1) is 6.92 Å². The third kappa shape index (κ3) is 1.67. The third-order valence-electron chi connectivity index (χ3n) is 3.05. The van der Waals surface area contributed by atoms with Crippen molar-refractivity contribution in [3.05, 3.63) is 23.3 Å². The molecule has 3 heteroatoms. The summed E-state index contributed by atoms with van der Waals surface area (Å²) in [4.78, 5) is 0. The Morgan fingerprint density at radius 3 is 2.40 bits per heavy atom. The fourth-order valence-corrected chi connectivity index (χ4v) is 2.05. The summed E-state index contributed by atoms with van der Waals surface area (Å²) in [7, 11) is 3.36. The average Bonchev–Trinajstić information content (AvgIpc) is 2.95. The van der Waals surface area contributed by atoms with Crippen LogP contribution in [0.5, 0.6) is 11.5 Å². The van der Waals surface area contributed by atoms with E-state index in [0.29, 0.717) is 12.0 Å². The second kappa shape index (κ2) is 3.74. The average molecular weight is 207 g/mol. The highest BCUT2D eigenvalue weighted by Crippen LogP contribution is 2.46. The Bertz CT molecular complexity index is 376. The van der Waals surface area contributed by atoms with Crippen molar-refractivity contribution in [3.63, 3.8) is 0 Å². The summed E-state index contributed by atoms with van der Waals surface area (Å²) in [5.41, 5.74) is 8.12. The topological polar surface area (TPSA) is 44.5 Å². The van der Waals surface area contributed by atoms with Gasteiger partial charge in [0.1, 0.15) is 11.5 Å². The molecule has 0 amide bonds. The minimum atomic E-state index is 0.298. The van der Waals surface area contributed by atoms with Crippen molar-refractivity contribution in [3.8, 4) is 11.5 Å². The predicted octanol–water partition coefficient (Wildman–Crippen LogP) is 1.83. The van der Waals surface area contributed by atoms with Gasteiger partial charge in [0, 0.05) is 17.5 Å². The molecule has 1 aromatic rings. The van der Waals surface area contributed by atoms with Crippen LogP contribution in [-0.4, -0.2) is 20.3 Å². The molecule has 0 aromatic heterocycles. The van der Waals surface area contributed by atoms with Crippen molar-refractivity contribution < 1.29 is 9.47 Å². The van der Waals surface area contributed by atoms with Crippen LogP contribution >= 0.6 is 0 Å². The van der Waals surface area contributed by atoms with Crippen LogP contribution in [0.1, 0.15) is 23.5 Å². The molecule has 2 unspecified atom stereocenters. The molecular weight excluding hydrogens is 190 g/mol. The molecule has 3 nitrogen and oxygen atoms in total. The molecule has 0 heterocycles. The quantitative estimate of drug-likeness (QED) is 0.822. The first-order valence-electron chi connectivity index (χ1n) is 5.16. The van der Waals surface area contributed by atoms with Gasteiger partial charge in [-0.05, 0) is 25.0 Å². The Balaban J connectivity index is 2.43. The molecule has 1 fully saturated rings. The molecule has 1 saturated carbocycles. The predicted molar refractivity (Wildman–Crippen MR) is 59.6 cm³/mol. The van der Waals surface area contributed by atoms with Gasteiger partial charge in [0.25, 0.3) is 0 Å². The van der Waals surface area contributed by atoms with Gasteiger partial charge in [-0.25, -0.2) is 0 Å². The summed E-state index contributed by atoms with van der Waals surface area (Å²) in [6.45, 7) is 2.01. The van der Waals surface area contributed by atoms with E-state index >= 15 is 0 Å². The zero-order valence-electron chi connectivity index (χ0n) is 9.41. The Kier molecular flexibility index (Phi) is 2.57. The summed E-state index contributed by atoms with van der Waals surface area (Å²) in [5, 5.41) is 0. The number of ether oxygens (including phenoxy) is 2. The number of rotatable bonds is 3. The normalized spacial score (nSPS) is 23.7. The summed E-state index contributed by atoms with van der Waals surface area (Å²) in [6.07, 6.45) is 1.06. The number of methoxy groups -OCH3 is 2. The van der Waals surface area contributed by atoms with E-state index in [-0.39, 0.29) is 0 Å². The highest BCUT2D eigenvalue weighted by atomic mass is 16.5. The van der Waals surface area contributed by atoms with Crippen molar-refractivity contribution >= 4 is 0 Å². The molecule has 0 saturated heterocycles. The van der Waals surface area contributed by atoms with Gasteiger partial charge < -0.3 is 15.2 Å². The number of hydrogen-bond acceptors (Lipinski definition) is 3. The van der Waals surface area contributed by atoms with Crippen LogP contribution in [0.4, 0.5) is 0 Å². The molecule has 0 radical (unpaired) electrons. The lowest BCUT2D eigenvalue weighted by atomic mass is 10.0. The van der Waals surface area contributed by atoms with Gasteiger partial charge in [0.15, 0.2) is 0 Å². The van der Waals surface area contributed by atoms with Crippen molar-refractivity contribution in [2.75, 3.05) is 14.2 Å². The maximum absolute atomic E-state index is 5.86. The Labute approximate surface area is 90.2 Å². The fraction of sp³-hybridized carbons (Fsp3) is 0.500. The van der Waals surface area contributed by atoms with Crippen molar-refractivity contribution in [1.29, 1.82) is 0 Å². The fourth-order valence-electron chi connectivity index (χ4n) is 2.05. The molecule has 82 valence electrons. The molecule has 2 atom stereocenters. The molecule has 2 rings (SSSR count). The van der Waals surface area contributed by atoms with Gasteiger partial charge in [-0.1, -0.05) is 6.07 Å². The van der Waals surface area contributed by atoms with Gasteiger partial charge in [-0.2, -0.15) is 0 Å². The summed E-state index contributed by atoms with van der Waals surface area (Å²) < 4.78 is 10.7. The number of benzene rings is 1. The van der Waals surface area contributed by atoms with Crippen molar-refractivity contribution in [2.24, 2.45) is 5.73 Å². The van der Waals surface area contributed by atoms with Crippen molar-refractivity contribution in [2.45, 2.75) is 25.3 Å². The van der Waals surface area contributed by atoms with E-state index in [4.69, 9.17) is 15.2 Å². The smallest absolute Gasteiger partial charge is 0.128 e.